The van der Waals surface area contributed by atoms with Crippen molar-refractivity contribution in [1.82, 2.24) is 5.32 Å². The quantitative estimate of drug-likeness (QED) is 0.541. The summed E-state index contributed by atoms with van der Waals surface area (Å²) >= 11 is 0. The Morgan fingerprint density at radius 2 is 1.43 bits per heavy atom. The molecule has 0 radical (unpaired) electrons. The predicted octanol–water partition coefficient (Wildman–Crippen LogP) is 4.19. The first kappa shape index (κ1) is 19.6. The van der Waals surface area contributed by atoms with Crippen molar-refractivity contribution in [3.63, 3.8) is 0 Å². The Morgan fingerprint density at radius 1 is 0.800 bits per heavy atom. The van der Waals surface area contributed by atoms with Gasteiger partial charge in [0.1, 0.15) is 0 Å². The van der Waals surface area contributed by atoms with Crippen LogP contribution in [0.1, 0.15) is 43.0 Å². The topological polar surface area (TPSA) is 75.3 Å². The van der Waals surface area contributed by atoms with Crippen LogP contribution < -0.4 is 10.6 Å². The number of carbonyl (C=O) groups is 3. The van der Waals surface area contributed by atoms with Crippen LogP contribution in [0.4, 0.5) is 5.69 Å². The molecule has 1 aliphatic rings. The molecule has 5 heteroatoms. The highest BCUT2D eigenvalue weighted by Crippen LogP contribution is 2.36. The maximum Gasteiger partial charge on any atom is 0.251 e. The van der Waals surface area contributed by atoms with E-state index < -0.39 is 5.91 Å². The van der Waals surface area contributed by atoms with Gasteiger partial charge in [0.2, 0.25) is 5.91 Å². The molecule has 0 aliphatic heterocycles. The molecule has 5 nitrogen and oxygen atoms in total. The van der Waals surface area contributed by atoms with Crippen LogP contribution in [-0.4, -0.2) is 24.1 Å². The third-order valence-corrected chi connectivity index (χ3v) is 5.34. The molecular formula is C25H22N2O3. The molecule has 0 bridgehead atoms. The lowest BCUT2D eigenvalue weighted by Crippen LogP contribution is -2.33. The minimum atomic E-state index is -0.394. The summed E-state index contributed by atoms with van der Waals surface area (Å²) in [7, 11) is 0. The van der Waals surface area contributed by atoms with Crippen LogP contribution in [-0.2, 0) is 4.79 Å². The van der Waals surface area contributed by atoms with Crippen molar-refractivity contribution >= 4 is 23.3 Å². The van der Waals surface area contributed by atoms with Gasteiger partial charge in [-0.2, -0.15) is 0 Å². The van der Waals surface area contributed by atoms with Gasteiger partial charge >= 0.3 is 0 Å². The first-order chi connectivity index (χ1) is 14.3. The lowest BCUT2D eigenvalue weighted by atomic mass is 10.0. The fourth-order valence-corrected chi connectivity index (χ4v) is 3.99. The summed E-state index contributed by atoms with van der Waals surface area (Å²) < 4.78 is 0. The van der Waals surface area contributed by atoms with Crippen molar-refractivity contribution in [2.75, 3.05) is 11.9 Å². The number of nitrogens with one attached hydrogen (secondary N) is 2. The molecule has 0 fully saturated rings. The maximum atomic E-state index is 12.6. The Balaban J connectivity index is 1.44. The lowest BCUT2D eigenvalue weighted by Gasteiger charge is -2.13. The minimum Gasteiger partial charge on any atom is -0.343 e. The van der Waals surface area contributed by atoms with Gasteiger partial charge in [-0.05, 0) is 55.2 Å². The van der Waals surface area contributed by atoms with E-state index in [1.165, 1.54) is 0 Å². The number of hydrogen-bond donors (Lipinski definition) is 2. The number of ketones is 1. The van der Waals surface area contributed by atoms with Gasteiger partial charge in [-0.3, -0.25) is 14.4 Å². The molecular weight excluding hydrogens is 376 g/mol. The zero-order valence-electron chi connectivity index (χ0n) is 17.1. The molecule has 0 heterocycles. The molecule has 3 aromatic rings. The zero-order valence-corrected chi connectivity index (χ0v) is 17.1. The second-order valence-corrected chi connectivity index (χ2v) is 7.64. The van der Waals surface area contributed by atoms with E-state index in [-0.39, 0.29) is 18.2 Å². The molecule has 0 saturated heterocycles. The van der Waals surface area contributed by atoms with E-state index in [0.29, 0.717) is 16.7 Å². The summed E-state index contributed by atoms with van der Waals surface area (Å²) in [5, 5.41) is 5.50. The van der Waals surface area contributed by atoms with Crippen molar-refractivity contribution in [3.8, 4) is 11.1 Å². The molecule has 0 saturated carbocycles. The number of fused-ring (bicyclic) bond motifs is 3. The third kappa shape index (κ3) is 3.50. The molecule has 4 rings (SSSR count). The zero-order chi connectivity index (χ0) is 21.4. The minimum absolute atomic E-state index is 0.0849. The molecule has 1 aliphatic carbocycles. The third-order valence-electron chi connectivity index (χ3n) is 5.34. The van der Waals surface area contributed by atoms with Crippen molar-refractivity contribution in [2.45, 2.75) is 20.8 Å². The van der Waals surface area contributed by atoms with Crippen molar-refractivity contribution in [2.24, 2.45) is 0 Å². The van der Waals surface area contributed by atoms with Crippen molar-refractivity contribution < 1.29 is 14.4 Å². The van der Waals surface area contributed by atoms with E-state index in [0.717, 1.165) is 33.5 Å². The van der Waals surface area contributed by atoms with Crippen LogP contribution in [0.5, 0.6) is 0 Å². The molecule has 0 aromatic heterocycles. The largest absolute Gasteiger partial charge is 0.343 e. The number of hydrogen-bond acceptors (Lipinski definition) is 3. The average Bonchev–Trinajstić information content (AvgIpc) is 3.01. The van der Waals surface area contributed by atoms with Gasteiger partial charge in [0.15, 0.2) is 5.78 Å². The Kier molecular flexibility index (Phi) is 4.96. The fourth-order valence-electron chi connectivity index (χ4n) is 3.99. The highest BCUT2D eigenvalue weighted by atomic mass is 16.2. The summed E-state index contributed by atoms with van der Waals surface area (Å²) in [6.45, 7) is 5.73. The molecule has 0 spiro atoms. The lowest BCUT2D eigenvalue weighted by molar-refractivity contribution is -0.115. The molecule has 3 aromatic carbocycles. The highest BCUT2D eigenvalue weighted by molar-refractivity contribution is 6.22. The number of carbonyl (C=O) groups excluding carboxylic acids is 3. The Labute approximate surface area is 175 Å². The standard InChI is InChI=1S/C25H22N2O3/c1-14-10-15(2)23(16(3)11-14)27-22(28)13-26-25(30)17-8-9-19-18-6-4-5-7-20(18)24(29)21(19)12-17/h4-12H,13H2,1-3H3,(H,26,30)(H,27,28). The molecule has 2 amide bonds. The van der Waals surface area contributed by atoms with Gasteiger partial charge in [0.05, 0.1) is 6.54 Å². The van der Waals surface area contributed by atoms with E-state index in [2.05, 4.69) is 10.6 Å². The molecule has 0 unspecified atom stereocenters. The van der Waals surface area contributed by atoms with Crippen LogP contribution in [0.25, 0.3) is 11.1 Å². The Morgan fingerprint density at radius 3 is 2.13 bits per heavy atom. The first-order valence-corrected chi connectivity index (χ1v) is 9.79. The van der Waals surface area contributed by atoms with E-state index in [4.69, 9.17) is 0 Å². The van der Waals surface area contributed by atoms with Gasteiger partial charge < -0.3 is 10.6 Å². The monoisotopic (exact) mass is 398 g/mol. The molecule has 150 valence electrons. The SMILES string of the molecule is Cc1cc(C)c(NC(=O)CNC(=O)c2ccc3c(c2)C(=O)c2ccccc2-3)c(C)c1. The number of benzene rings is 3. The number of rotatable bonds is 4. The average molecular weight is 398 g/mol. The maximum absolute atomic E-state index is 12.6. The van der Waals surface area contributed by atoms with Crippen molar-refractivity contribution in [1.29, 1.82) is 0 Å². The van der Waals surface area contributed by atoms with Gasteiger partial charge in [0.25, 0.3) is 5.91 Å². The van der Waals surface area contributed by atoms with Crippen LogP contribution in [0, 0.1) is 20.8 Å². The highest BCUT2D eigenvalue weighted by Gasteiger charge is 2.27. The summed E-state index contributed by atoms with van der Waals surface area (Å²) in [6.07, 6.45) is 0. The summed E-state index contributed by atoms with van der Waals surface area (Å²) in [5.74, 6) is -0.782. The number of amides is 2. The van der Waals surface area contributed by atoms with Crippen LogP contribution in [0.15, 0.2) is 54.6 Å². The van der Waals surface area contributed by atoms with E-state index in [1.807, 2.05) is 51.1 Å². The Hall–Kier alpha value is -3.73. The number of anilines is 1. The van der Waals surface area contributed by atoms with Gasteiger partial charge in [-0.25, -0.2) is 0 Å². The smallest absolute Gasteiger partial charge is 0.251 e. The Bertz CT molecular complexity index is 1190. The van der Waals surface area contributed by atoms with Crippen LogP contribution >= 0.6 is 0 Å². The van der Waals surface area contributed by atoms with Crippen LogP contribution in [0.3, 0.4) is 0 Å². The molecule has 0 atom stereocenters. The summed E-state index contributed by atoms with van der Waals surface area (Å²) in [6, 6.07) is 16.5. The summed E-state index contributed by atoms with van der Waals surface area (Å²) in [5.41, 5.74) is 7.07. The van der Waals surface area contributed by atoms with E-state index in [9.17, 15) is 14.4 Å². The predicted molar refractivity (Wildman–Crippen MR) is 117 cm³/mol. The summed E-state index contributed by atoms with van der Waals surface area (Å²) in [4.78, 5) is 37.5. The van der Waals surface area contributed by atoms with Crippen LogP contribution in [0.2, 0.25) is 0 Å². The van der Waals surface area contributed by atoms with Gasteiger partial charge in [0, 0.05) is 22.4 Å². The van der Waals surface area contributed by atoms with Gasteiger partial charge in [-0.1, -0.05) is 48.0 Å². The second-order valence-electron chi connectivity index (χ2n) is 7.64. The number of aryl methyl sites for hydroxylation is 3. The van der Waals surface area contributed by atoms with Crippen molar-refractivity contribution in [3.05, 3.63) is 88.0 Å². The normalized spacial score (nSPS) is 11.6. The van der Waals surface area contributed by atoms with E-state index in [1.54, 1.807) is 24.3 Å². The van der Waals surface area contributed by atoms with Gasteiger partial charge in [-0.15, -0.1) is 0 Å². The molecule has 2 N–H and O–H groups in total. The fraction of sp³-hybridized carbons (Fsp3) is 0.160. The molecule has 30 heavy (non-hydrogen) atoms. The second kappa shape index (κ2) is 7.59. The van der Waals surface area contributed by atoms with E-state index >= 15 is 0 Å². The first-order valence-electron chi connectivity index (χ1n) is 9.79.